The molecule has 2 aromatic rings. The van der Waals surface area contributed by atoms with Gasteiger partial charge in [0, 0.05) is 32.1 Å². The minimum absolute atomic E-state index is 0.0840. The summed E-state index contributed by atoms with van der Waals surface area (Å²) in [6, 6.07) is 11.8. The molecule has 1 fully saturated rings. The number of carbonyl (C=O) groups excluding carboxylic acids is 1. The highest BCUT2D eigenvalue weighted by molar-refractivity contribution is 5.77. The predicted molar refractivity (Wildman–Crippen MR) is 94.0 cm³/mol. The van der Waals surface area contributed by atoms with Crippen molar-refractivity contribution < 1.29 is 14.3 Å². The average Bonchev–Trinajstić information content (AvgIpc) is 2.61. The van der Waals surface area contributed by atoms with Gasteiger partial charge in [0.1, 0.15) is 11.6 Å². The van der Waals surface area contributed by atoms with Gasteiger partial charge in [-0.05, 0) is 43.2 Å². The number of aryl methyl sites for hydroxylation is 1. The maximum absolute atomic E-state index is 13.3. The van der Waals surface area contributed by atoms with Crippen LogP contribution >= 0.6 is 0 Å². The molecule has 132 valence electrons. The number of nitrogens with zero attached hydrogens (tertiary/aromatic N) is 3. The smallest absolute Gasteiger partial charge is 0.223 e. The second-order valence-electron chi connectivity index (χ2n) is 6.37. The average molecular weight is 343 g/mol. The van der Waals surface area contributed by atoms with Crippen LogP contribution < -0.4 is 4.90 Å². The van der Waals surface area contributed by atoms with Crippen LogP contribution in [0.1, 0.15) is 18.9 Å². The third-order valence-corrected chi connectivity index (χ3v) is 4.54. The van der Waals surface area contributed by atoms with Crippen molar-refractivity contribution in [3.63, 3.8) is 0 Å². The number of phenolic OH excluding ortho intramolecular Hbond substituents is 1. The number of amides is 1. The summed E-state index contributed by atoms with van der Waals surface area (Å²) in [5, 5.41) is 9.29. The maximum Gasteiger partial charge on any atom is 0.223 e. The van der Waals surface area contributed by atoms with Crippen molar-refractivity contribution in [3.05, 3.63) is 54.0 Å². The van der Waals surface area contributed by atoms with Crippen LogP contribution in [-0.4, -0.2) is 46.6 Å². The summed E-state index contributed by atoms with van der Waals surface area (Å²) in [6.07, 6.45) is 1.09. The van der Waals surface area contributed by atoms with E-state index in [4.69, 9.17) is 0 Å². The molecule has 0 aliphatic carbocycles. The lowest BCUT2D eigenvalue weighted by Gasteiger charge is -2.40. The first-order valence-corrected chi connectivity index (χ1v) is 8.48. The number of carbonyl (C=O) groups is 1. The highest BCUT2D eigenvalue weighted by Gasteiger charge is 2.27. The monoisotopic (exact) mass is 343 g/mol. The zero-order valence-electron chi connectivity index (χ0n) is 14.2. The number of aromatic hydroxyl groups is 1. The second-order valence-corrected chi connectivity index (χ2v) is 6.37. The van der Waals surface area contributed by atoms with Gasteiger partial charge in [0.05, 0.1) is 0 Å². The number of rotatable bonds is 4. The van der Waals surface area contributed by atoms with Crippen molar-refractivity contribution in [2.24, 2.45) is 0 Å². The summed E-state index contributed by atoms with van der Waals surface area (Å²) in [5.74, 6) is 0.471. The van der Waals surface area contributed by atoms with Crippen molar-refractivity contribution >= 4 is 11.7 Å². The van der Waals surface area contributed by atoms with E-state index in [0.717, 1.165) is 5.56 Å². The number of anilines is 1. The van der Waals surface area contributed by atoms with Gasteiger partial charge in [-0.3, -0.25) is 4.79 Å². The molecule has 6 heteroatoms. The molecule has 1 amide bonds. The Morgan fingerprint density at radius 1 is 1.24 bits per heavy atom. The lowest BCUT2D eigenvalue weighted by molar-refractivity contribution is -0.131. The van der Waals surface area contributed by atoms with Gasteiger partial charge in [0.25, 0.3) is 0 Å². The zero-order valence-corrected chi connectivity index (χ0v) is 14.2. The SMILES string of the molecule is CC1CN(C(=O)CCc2ccc(O)cc2)CCN1c1cccc(F)n1. The molecule has 1 atom stereocenters. The molecular formula is C19H22FN3O2. The molecule has 1 aromatic carbocycles. The topological polar surface area (TPSA) is 56.7 Å². The molecular weight excluding hydrogens is 321 g/mol. The lowest BCUT2D eigenvalue weighted by Crippen LogP contribution is -2.54. The quantitative estimate of drug-likeness (QED) is 0.867. The fraction of sp³-hybridized carbons (Fsp3) is 0.368. The van der Waals surface area contributed by atoms with E-state index in [-0.39, 0.29) is 17.7 Å². The fourth-order valence-electron chi connectivity index (χ4n) is 3.15. The predicted octanol–water partition coefficient (Wildman–Crippen LogP) is 2.60. The first-order chi connectivity index (χ1) is 12.0. The Hall–Kier alpha value is -2.63. The molecule has 0 bridgehead atoms. The third-order valence-electron chi connectivity index (χ3n) is 4.54. The van der Waals surface area contributed by atoms with Gasteiger partial charge in [-0.2, -0.15) is 4.39 Å². The summed E-state index contributed by atoms with van der Waals surface area (Å²) in [5.41, 5.74) is 1.03. The number of halogens is 1. The molecule has 1 aliphatic heterocycles. The van der Waals surface area contributed by atoms with Gasteiger partial charge in [0.2, 0.25) is 11.9 Å². The Balaban J connectivity index is 1.55. The number of hydrogen-bond donors (Lipinski definition) is 1. The highest BCUT2D eigenvalue weighted by Crippen LogP contribution is 2.19. The largest absolute Gasteiger partial charge is 0.508 e. The van der Waals surface area contributed by atoms with Crippen LogP contribution in [0.3, 0.4) is 0 Å². The number of piperazine rings is 1. The second kappa shape index (κ2) is 7.51. The molecule has 3 rings (SSSR count). The first-order valence-electron chi connectivity index (χ1n) is 8.48. The summed E-state index contributed by atoms with van der Waals surface area (Å²) < 4.78 is 13.3. The van der Waals surface area contributed by atoms with E-state index in [9.17, 15) is 14.3 Å². The molecule has 5 nitrogen and oxygen atoms in total. The maximum atomic E-state index is 13.3. The van der Waals surface area contributed by atoms with E-state index < -0.39 is 5.95 Å². The van der Waals surface area contributed by atoms with Crippen LogP contribution in [0, 0.1) is 5.95 Å². The Bertz CT molecular complexity index is 736. The van der Waals surface area contributed by atoms with E-state index in [1.165, 1.54) is 6.07 Å². The van der Waals surface area contributed by atoms with E-state index in [1.807, 2.05) is 28.9 Å². The van der Waals surface area contributed by atoms with Gasteiger partial charge in [-0.15, -0.1) is 0 Å². The summed E-state index contributed by atoms with van der Waals surface area (Å²) in [4.78, 5) is 20.3. The van der Waals surface area contributed by atoms with Gasteiger partial charge in [-0.1, -0.05) is 18.2 Å². The van der Waals surface area contributed by atoms with Crippen LogP contribution in [0.2, 0.25) is 0 Å². The molecule has 25 heavy (non-hydrogen) atoms. The highest BCUT2D eigenvalue weighted by atomic mass is 19.1. The summed E-state index contributed by atoms with van der Waals surface area (Å²) in [7, 11) is 0. The molecule has 2 heterocycles. The number of pyridine rings is 1. The Morgan fingerprint density at radius 2 is 2.00 bits per heavy atom. The lowest BCUT2D eigenvalue weighted by atomic mass is 10.1. The van der Waals surface area contributed by atoms with Crippen molar-refractivity contribution in [1.29, 1.82) is 0 Å². The van der Waals surface area contributed by atoms with Gasteiger partial charge < -0.3 is 14.9 Å². The molecule has 1 saturated heterocycles. The van der Waals surface area contributed by atoms with Gasteiger partial charge in [-0.25, -0.2) is 4.98 Å². The van der Waals surface area contributed by atoms with Gasteiger partial charge >= 0.3 is 0 Å². The molecule has 1 aromatic heterocycles. The Labute approximate surface area is 146 Å². The number of hydrogen-bond acceptors (Lipinski definition) is 4. The zero-order chi connectivity index (χ0) is 17.8. The van der Waals surface area contributed by atoms with Crippen LogP contribution in [0.15, 0.2) is 42.5 Å². The molecule has 0 radical (unpaired) electrons. The summed E-state index contributed by atoms with van der Waals surface area (Å²) >= 11 is 0. The van der Waals surface area contributed by atoms with Crippen LogP contribution in [0.4, 0.5) is 10.2 Å². The van der Waals surface area contributed by atoms with E-state index in [0.29, 0.717) is 38.3 Å². The molecule has 1 unspecified atom stereocenters. The standard InChI is InChI=1S/C19H22FN3O2/c1-14-13-22(11-12-23(14)18-4-2-3-17(20)21-18)19(25)10-7-15-5-8-16(24)9-6-15/h2-6,8-9,14,24H,7,10-13H2,1H3. The minimum atomic E-state index is -0.489. The number of phenols is 1. The number of aromatic nitrogens is 1. The molecule has 1 N–H and O–H groups in total. The first kappa shape index (κ1) is 17.2. The van der Waals surface area contributed by atoms with Crippen LogP contribution in [0.25, 0.3) is 0 Å². The van der Waals surface area contributed by atoms with Crippen LogP contribution in [0.5, 0.6) is 5.75 Å². The van der Waals surface area contributed by atoms with E-state index >= 15 is 0 Å². The van der Waals surface area contributed by atoms with Crippen molar-refractivity contribution in [3.8, 4) is 5.75 Å². The Kier molecular flexibility index (Phi) is 5.16. The third kappa shape index (κ3) is 4.26. The fourth-order valence-corrected chi connectivity index (χ4v) is 3.15. The van der Waals surface area contributed by atoms with Gasteiger partial charge in [0.15, 0.2) is 0 Å². The minimum Gasteiger partial charge on any atom is -0.508 e. The Morgan fingerprint density at radius 3 is 2.68 bits per heavy atom. The number of benzene rings is 1. The summed E-state index contributed by atoms with van der Waals surface area (Å²) in [6.45, 7) is 3.87. The molecule has 1 aliphatic rings. The van der Waals surface area contributed by atoms with Crippen molar-refractivity contribution in [1.82, 2.24) is 9.88 Å². The molecule has 0 saturated carbocycles. The van der Waals surface area contributed by atoms with E-state index in [2.05, 4.69) is 4.98 Å². The van der Waals surface area contributed by atoms with Crippen LogP contribution in [-0.2, 0) is 11.2 Å². The van der Waals surface area contributed by atoms with Crippen molar-refractivity contribution in [2.75, 3.05) is 24.5 Å². The van der Waals surface area contributed by atoms with E-state index in [1.54, 1.807) is 24.3 Å². The molecule has 0 spiro atoms. The normalized spacial score (nSPS) is 17.6. The van der Waals surface area contributed by atoms with Crippen molar-refractivity contribution in [2.45, 2.75) is 25.8 Å².